The molecule has 1 saturated heterocycles. The number of nitrogens with two attached hydrogens (primary N) is 2. The fourth-order valence-corrected chi connectivity index (χ4v) is 2.18. The van der Waals surface area contributed by atoms with E-state index in [1.165, 1.54) is 0 Å². The van der Waals surface area contributed by atoms with Gasteiger partial charge in [-0.1, -0.05) is 0 Å². The lowest BCUT2D eigenvalue weighted by Crippen LogP contribution is -2.67. The van der Waals surface area contributed by atoms with Gasteiger partial charge < -0.3 is 47.1 Å². The molecule has 0 radical (unpaired) electrons. The summed E-state index contributed by atoms with van der Waals surface area (Å²) in [5.74, 6) is -5.26. The second-order valence-electron chi connectivity index (χ2n) is 5.03. The summed E-state index contributed by atoms with van der Waals surface area (Å²) in [6.45, 7) is -0.811. The van der Waals surface area contributed by atoms with Gasteiger partial charge in [-0.2, -0.15) is 0 Å². The van der Waals surface area contributed by atoms with Gasteiger partial charge in [-0.25, -0.2) is 4.79 Å². The van der Waals surface area contributed by atoms with Gasteiger partial charge in [-0.05, 0) is 0 Å². The van der Waals surface area contributed by atoms with E-state index in [0.29, 0.717) is 0 Å². The van der Waals surface area contributed by atoms with E-state index in [9.17, 15) is 30.0 Å². The van der Waals surface area contributed by atoms with Crippen LogP contribution >= 0.6 is 0 Å². The predicted octanol–water partition coefficient (Wildman–Crippen LogP) is -4.97. The van der Waals surface area contributed by atoms with E-state index in [0.717, 1.165) is 0 Å². The molecule has 1 aliphatic heterocycles. The van der Waals surface area contributed by atoms with E-state index in [1.807, 2.05) is 0 Å². The second kappa shape index (κ2) is 7.28. The Balaban J connectivity index is 3.07. The molecule has 0 aromatic heterocycles. The molecule has 0 aromatic carbocycles. The molecule has 1 unspecified atom stereocenters. The Kier molecular flexibility index (Phi) is 6.19. The van der Waals surface area contributed by atoms with E-state index in [1.54, 1.807) is 0 Å². The third-order valence-electron chi connectivity index (χ3n) is 3.40. The van der Waals surface area contributed by atoms with Crippen molar-refractivity contribution in [1.82, 2.24) is 5.32 Å². The van der Waals surface area contributed by atoms with Gasteiger partial charge in [0.1, 0.15) is 12.2 Å². The Bertz CT molecular complexity index is 422. The van der Waals surface area contributed by atoms with E-state index in [4.69, 9.17) is 21.3 Å². The number of ether oxygens (including phenoxy) is 1. The Morgan fingerprint density at radius 3 is 2.41 bits per heavy atom. The van der Waals surface area contributed by atoms with Crippen molar-refractivity contribution in [2.45, 2.75) is 42.7 Å². The zero-order valence-electron chi connectivity index (χ0n) is 11.6. The molecule has 1 fully saturated rings. The topological polar surface area (TPSA) is 209 Å². The Hall–Kier alpha value is -1.34. The van der Waals surface area contributed by atoms with E-state index >= 15 is 0 Å². The molecular formula is C11H21N3O8. The zero-order chi connectivity index (χ0) is 17.1. The summed E-state index contributed by atoms with van der Waals surface area (Å²) < 4.78 is 4.92. The number of amides is 1. The first kappa shape index (κ1) is 18.7. The molecule has 0 spiro atoms. The van der Waals surface area contributed by atoms with Crippen molar-refractivity contribution in [2.24, 2.45) is 11.5 Å². The molecule has 11 nitrogen and oxygen atoms in total. The number of aliphatic hydroxyl groups is 4. The average Bonchev–Trinajstić information content (AvgIpc) is 2.47. The van der Waals surface area contributed by atoms with E-state index < -0.39 is 61.1 Å². The standard InChI is InChI=1S/C11H21N3O8/c12-2-5(16)8(18)9-7(14-6(17)3-13)4(15)1-11(21,22-9)10(19)20/h4-5,7-9,15-16,18,21H,1-3,12-13H2,(H,14,17)(H,19,20)/t4-,5-,7-,8-,9?,11-/m1/s1. The summed E-state index contributed by atoms with van der Waals surface area (Å²) in [6, 6.07) is -1.29. The number of aliphatic hydroxyl groups excluding tert-OH is 3. The molecule has 1 heterocycles. The first-order chi connectivity index (χ1) is 10.2. The molecule has 128 valence electrons. The largest absolute Gasteiger partial charge is 0.477 e. The van der Waals surface area contributed by atoms with Crippen LogP contribution in [0.5, 0.6) is 0 Å². The average molecular weight is 323 g/mol. The fourth-order valence-electron chi connectivity index (χ4n) is 2.18. The molecule has 1 amide bonds. The van der Waals surface area contributed by atoms with Gasteiger partial charge in [0.25, 0.3) is 5.79 Å². The SMILES string of the molecule is NCC(=O)N[C@H]1C([C@H](O)[C@H](O)CN)O[C@@](O)(C(=O)O)C[C@H]1O. The van der Waals surface area contributed by atoms with E-state index in [-0.39, 0.29) is 6.54 Å². The van der Waals surface area contributed by atoms with Crippen LogP contribution in [0.15, 0.2) is 0 Å². The second-order valence-corrected chi connectivity index (χ2v) is 5.03. The minimum atomic E-state index is -2.77. The molecule has 11 heteroatoms. The lowest BCUT2D eigenvalue weighted by molar-refractivity contribution is -0.294. The summed E-state index contributed by atoms with van der Waals surface area (Å²) >= 11 is 0. The van der Waals surface area contributed by atoms with Gasteiger partial charge in [-0.3, -0.25) is 4.79 Å². The molecule has 0 aromatic rings. The number of hydrogen-bond donors (Lipinski definition) is 8. The molecule has 0 saturated carbocycles. The molecular weight excluding hydrogens is 302 g/mol. The smallest absolute Gasteiger partial charge is 0.364 e. The molecule has 10 N–H and O–H groups in total. The number of carbonyl (C=O) groups excluding carboxylic acids is 1. The maximum atomic E-state index is 11.4. The van der Waals surface area contributed by atoms with Crippen molar-refractivity contribution >= 4 is 11.9 Å². The maximum Gasteiger partial charge on any atom is 0.364 e. The predicted molar refractivity (Wildman–Crippen MR) is 70.1 cm³/mol. The van der Waals surface area contributed by atoms with Crippen LogP contribution in [0.2, 0.25) is 0 Å². The van der Waals surface area contributed by atoms with Gasteiger partial charge in [0.15, 0.2) is 0 Å². The van der Waals surface area contributed by atoms with E-state index in [2.05, 4.69) is 5.32 Å². The van der Waals surface area contributed by atoms with Crippen molar-refractivity contribution < 1.29 is 39.9 Å². The first-order valence-corrected chi connectivity index (χ1v) is 6.53. The van der Waals surface area contributed by atoms with Crippen LogP contribution in [0.4, 0.5) is 0 Å². The van der Waals surface area contributed by atoms with Gasteiger partial charge in [0, 0.05) is 13.0 Å². The normalized spacial score (nSPS) is 34.7. The molecule has 6 atom stereocenters. The number of nitrogens with one attached hydrogen (secondary N) is 1. The first-order valence-electron chi connectivity index (χ1n) is 6.53. The minimum absolute atomic E-state index is 0.389. The van der Waals surface area contributed by atoms with Crippen LogP contribution in [0, 0.1) is 0 Å². The third-order valence-corrected chi connectivity index (χ3v) is 3.40. The monoisotopic (exact) mass is 323 g/mol. The van der Waals surface area contributed by atoms with Gasteiger partial charge in [0.2, 0.25) is 5.91 Å². The van der Waals surface area contributed by atoms with Gasteiger partial charge in [-0.15, -0.1) is 0 Å². The zero-order valence-corrected chi connectivity index (χ0v) is 11.6. The van der Waals surface area contributed by atoms with Crippen molar-refractivity contribution in [3.8, 4) is 0 Å². The quantitative estimate of drug-likeness (QED) is 0.233. The highest BCUT2D eigenvalue weighted by molar-refractivity contribution is 5.78. The molecule has 1 aliphatic rings. The number of aliphatic carboxylic acids is 1. The Morgan fingerprint density at radius 2 is 1.95 bits per heavy atom. The van der Waals surface area contributed by atoms with Crippen LogP contribution in [-0.2, 0) is 14.3 Å². The molecule has 0 bridgehead atoms. The summed E-state index contributed by atoms with van der Waals surface area (Å²) in [7, 11) is 0. The Labute approximate surface area is 125 Å². The van der Waals surface area contributed by atoms with Crippen LogP contribution in [0.3, 0.4) is 0 Å². The molecule has 22 heavy (non-hydrogen) atoms. The van der Waals surface area contributed by atoms with Crippen molar-refractivity contribution in [2.75, 3.05) is 13.1 Å². The number of carbonyl (C=O) groups is 2. The maximum absolute atomic E-state index is 11.4. The Morgan fingerprint density at radius 1 is 1.36 bits per heavy atom. The van der Waals surface area contributed by atoms with Crippen LogP contribution < -0.4 is 16.8 Å². The number of rotatable bonds is 6. The van der Waals surface area contributed by atoms with Crippen molar-refractivity contribution in [3.63, 3.8) is 0 Å². The summed E-state index contributed by atoms with van der Waals surface area (Å²) in [4.78, 5) is 22.4. The molecule has 1 rings (SSSR count). The number of carboxylic acids is 1. The minimum Gasteiger partial charge on any atom is -0.477 e. The highest BCUT2D eigenvalue weighted by atomic mass is 16.7. The third kappa shape index (κ3) is 3.89. The lowest BCUT2D eigenvalue weighted by Gasteiger charge is -2.44. The lowest BCUT2D eigenvalue weighted by atomic mass is 9.88. The molecule has 0 aliphatic carbocycles. The van der Waals surface area contributed by atoms with Crippen molar-refractivity contribution in [3.05, 3.63) is 0 Å². The number of carboxylic acid groups (broad SMARTS) is 1. The van der Waals surface area contributed by atoms with Crippen LogP contribution in [0.1, 0.15) is 6.42 Å². The van der Waals surface area contributed by atoms with Gasteiger partial charge >= 0.3 is 5.97 Å². The highest BCUT2D eigenvalue weighted by Crippen LogP contribution is 2.30. The summed E-state index contributed by atoms with van der Waals surface area (Å²) in [5.41, 5.74) is 10.3. The van der Waals surface area contributed by atoms with Crippen molar-refractivity contribution in [1.29, 1.82) is 0 Å². The van der Waals surface area contributed by atoms with Crippen LogP contribution in [0.25, 0.3) is 0 Å². The van der Waals surface area contributed by atoms with Crippen LogP contribution in [-0.4, -0.2) is 86.7 Å². The van der Waals surface area contributed by atoms with Gasteiger partial charge in [0.05, 0.1) is 24.8 Å². The highest BCUT2D eigenvalue weighted by Gasteiger charge is 2.53. The number of hydrogen-bond acceptors (Lipinski definition) is 9. The fraction of sp³-hybridized carbons (Fsp3) is 0.818. The summed E-state index contributed by atoms with van der Waals surface area (Å²) in [6.07, 6.45) is -7.20. The summed E-state index contributed by atoms with van der Waals surface area (Å²) in [5, 5.41) is 50.6.